The molecule has 4 nitrogen and oxygen atoms in total. The number of halogens is 1. The minimum absolute atomic E-state index is 0.0405. The van der Waals surface area contributed by atoms with Gasteiger partial charge in [0.25, 0.3) is 0 Å². The smallest absolute Gasteiger partial charge is 0.429 e. The summed E-state index contributed by atoms with van der Waals surface area (Å²) in [5.74, 6) is 0.0405. The molecule has 0 aromatic carbocycles. The molecule has 1 heterocycles. The summed E-state index contributed by atoms with van der Waals surface area (Å²) in [6, 6.07) is 0. The van der Waals surface area contributed by atoms with Gasteiger partial charge in [0.05, 0.1) is 5.92 Å². The lowest BCUT2D eigenvalue weighted by molar-refractivity contribution is -0.169. The lowest BCUT2D eigenvalue weighted by Gasteiger charge is -2.43. The molecule has 112 valence electrons. The number of carbonyl (C=O) groups is 1. The molecular weight excluding hydrogens is 375 g/mol. The molecule has 6 heteroatoms. The van der Waals surface area contributed by atoms with Crippen LogP contribution in [0.3, 0.4) is 0 Å². The number of cyclic esters (lactones) is 2. The second kappa shape index (κ2) is 5.89. The number of hydrogen-bond donors (Lipinski definition) is 0. The average molecular weight is 400 g/mol. The molecule has 0 unspecified atom stereocenters. The van der Waals surface area contributed by atoms with Crippen molar-refractivity contribution < 1.29 is 18.7 Å². The molecule has 1 aliphatic heterocycles. The average Bonchev–Trinajstić information content (AvgIpc) is 2.20. The molecule has 1 saturated heterocycles. The predicted molar refractivity (Wildman–Crippen MR) is 86.1 cm³/mol. The molecule has 0 spiro atoms. The maximum atomic E-state index is 11.6. The fraction of sp³-hybridized carbons (Fsp3) is 0.923. The van der Waals surface area contributed by atoms with Crippen LogP contribution in [0, 0.1) is 5.92 Å². The Hall–Kier alpha value is 0.177. The van der Waals surface area contributed by atoms with Crippen LogP contribution in [0.15, 0.2) is 0 Å². The van der Waals surface area contributed by atoms with Gasteiger partial charge in [-0.25, -0.2) is 4.79 Å². The van der Waals surface area contributed by atoms with E-state index in [2.05, 4.69) is 56.5 Å². The van der Waals surface area contributed by atoms with Crippen LogP contribution in [0.2, 0.25) is 18.1 Å². The van der Waals surface area contributed by atoms with Crippen LogP contribution >= 0.6 is 22.6 Å². The van der Waals surface area contributed by atoms with Crippen molar-refractivity contribution in [3.05, 3.63) is 0 Å². The maximum absolute atomic E-state index is 11.6. The van der Waals surface area contributed by atoms with Crippen molar-refractivity contribution in [3.63, 3.8) is 0 Å². The van der Waals surface area contributed by atoms with Gasteiger partial charge in [-0.05, 0) is 25.1 Å². The molecule has 0 aliphatic carbocycles. The first-order valence-electron chi connectivity index (χ1n) is 6.65. The van der Waals surface area contributed by atoms with E-state index in [1.165, 1.54) is 0 Å². The van der Waals surface area contributed by atoms with E-state index in [0.29, 0.717) is 0 Å². The summed E-state index contributed by atoms with van der Waals surface area (Å²) in [6.45, 7) is 14.9. The van der Waals surface area contributed by atoms with Crippen LogP contribution in [0.4, 0.5) is 4.79 Å². The van der Waals surface area contributed by atoms with Crippen LogP contribution in [0.1, 0.15) is 34.6 Å². The Bertz CT molecular complexity index is 338. The quantitative estimate of drug-likeness (QED) is 0.306. The van der Waals surface area contributed by atoms with E-state index in [1.54, 1.807) is 0 Å². The Labute approximate surface area is 130 Å². The van der Waals surface area contributed by atoms with Gasteiger partial charge in [0.15, 0.2) is 8.32 Å². The summed E-state index contributed by atoms with van der Waals surface area (Å²) in [5, 5.41) is 0.0862. The highest BCUT2D eigenvalue weighted by Gasteiger charge is 2.46. The van der Waals surface area contributed by atoms with E-state index in [-0.39, 0.29) is 21.0 Å². The standard InChI is InChI=1S/C13H25IO4Si/c1-8-10(9(2)14)16-12(15)17-11(8)18-19(6,7)13(3,4)5/h8-11H,1-7H3/t8-,9-,10-,11-/m0/s1. The van der Waals surface area contributed by atoms with Gasteiger partial charge >= 0.3 is 6.16 Å². The van der Waals surface area contributed by atoms with E-state index >= 15 is 0 Å². The van der Waals surface area contributed by atoms with Gasteiger partial charge in [-0.15, -0.1) is 0 Å². The number of rotatable bonds is 3. The third-order valence-corrected chi connectivity index (χ3v) is 9.20. The molecule has 0 N–H and O–H groups in total. The molecular formula is C13H25IO4Si. The summed E-state index contributed by atoms with van der Waals surface area (Å²) in [7, 11) is -1.96. The molecule has 4 atom stereocenters. The molecule has 19 heavy (non-hydrogen) atoms. The second-order valence-corrected chi connectivity index (χ2v) is 13.5. The zero-order chi connectivity index (χ0) is 15.0. The van der Waals surface area contributed by atoms with E-state index in [4.69, 9.17) is 13.9 Å². The minimum atomic E-state index is -1.96. The van der Waals surface area contributed by atoms with Gasteiger partial charge < -0.3 is 13.9 Å². The Morgan fingerprint density at radius 3 is 2.26 bits per heavy atom. The second-order valence-electron chi connectivity index (χ2n) is 6.73. The van der Waals surface area contributed by atoms with Crippen LogP contribution in [0.5, 0.6) is 0 Å². The zero-order valence-corrected chi connectivity index (χ0v) is 16.0. The van der Waals surface area contributed by atoms with Crippen molar-refractivity contribution in [1.29, 1.82) is 0 Å². The Kier molecular flexibility index (Phi) is 5.34. The lowest BCUT2D eigenvalue weighted by atomic mass is 10.0. The van der Waals surface area contributed by atoms with Crippen LogP contribution < -0.4 is 0 Å². The molecule has 0 amide bonds. The van der Waals surface area contributed by atoms with Crippen LogP contribution in [0.25, 0.3) is 0 Å². The predicted octanol–water partition coefficient (Wildman–Crippen LogP) is 4.33. The Morgan fingerprint density at radius 1 is 1.32 bits per heavy atom. The van der Waals surface area contributed by atoms with Crippen molar-refractivity contribution in [2.45, 2.75) is 69.1 Å². The Morgan fingerprint density at radius 2 is 1.84 bits per heavy atom. The summed E-state index contributed by atoms with van der Waals surface area (Å²) >= 11 is 2.27. The van der Waals surface area contributed by atoms with Crippen LogP contribution in [-0.4, -0.2) is 30.8 Å². The fourth-order valence-corrected chi connectivity index (χ4v) is 3.71. The molecule has 0 bridgehead atoms. The SMILES string of the molecule is C[C@@H]1[C@H](O[Si](C)(C)C(C)(C)C)OC(=O)O[C@@H]1[C@H](C)I. The van der Waals surface area contributed by atoms with E-state index in [1.807, 2.05) is 13.8 Å². The van der Waals surface area contributed by atoms with E-state index in [0.717, 1.165) is 0 Å². The lowest BCUT2D eigenvalue weighted by Crippen LogP contribution is -2.53. The van der Waals surface area contributed by atoms with Crippen molar-refractivity contribution in [1.82, 2.24) is 0 Å². The monoisotopic (exact) mass is 400 g/mol. The van der Waals surface area contributed by atoms with Crippen molar-refractivity contribution in [2.24, 2.45) is 5.92 Å². The first-order chi connectivity index (χ1) is 8.45. The van der Waals surface area contributed by atoms with Crippen LogP contribution in [-0.2, 0) is 13.9 Å². The highest BCUT2D eigenvalue weighted by Crippen LogP contribution is 2.40. The fourth-order valence-electron chi connectivity index (χ4n) is 1.71. The van der Waals surface area contributed by atoms with E-state index < -0.39 is 20.8 Å². The van der Waals surface area contributed by atoms with Gasteiger partial charge in [0.1, 0.15) is 6.10 Å². The minimum Gasteiger partial charge on any atom is -0.429 e. The van der Waals surface area contributed by atoms with Gasteiger partial charge in [0, 0.05) is 3.92 Å². The van der Waals surface area contributed by atoms with E-state index in [9.17, 15) is 4.79 Å². The van der Waals surface area contributed by atoms with Crippen molar-refractivity contribution in [2.75, 3.05) is 0 Å². The number of ether oxygens (including phenoxy) is 2. The first-order valence-corrected chi connectivity index (χ1v) is 10.8. The third-order valence-electron chi connectivity index (χ3n) is 4.06. The molecule has 0 aromatic rings. The van der Waals surface area contributed by atoms with Gasteiger partial charge in [-0.1, -0.05) is 50.3 Å². The molecule has 0 aromatic heterocycles. The highest BCUT2D eigenvalue weighted by molar-refractivity contribution is 14.1. The van der Waals surface area contributed by atoms with Gasteiger partial charge in [-0.2, -0.15) is 0 Å². The molecule has 1 rings (SSSR count). The number of alkyl halides is 1. The maximum Gasteiger partial charge on any atom is 0.510 e. The Balaban J connectivity index is 2.85. The van der Waals surface area contributed by atoms with Crippen molar-refractivity contribution >= 4 is 37.1 Å². The summed E-state index contributed by atoms with van der Waals surface area (Å²) in [5.41, 5.74) is 0. The topological polar surface area (TPSA) is 44.8 Å². The zero-order valence-electron chi connectivity index (χ0n) is 12.8. The number of hydrogen-bond acceptors (Lipinski definition) is 4. The van der Waals surface area contributed by atoms with Gasteiger partial charge in [-0.3, -0.25) is 0 Å². The summed E-state index contributed by atoms with van der Waals surface area (Å²) in [4.78, 5) is 11.6. The highest BCUT2D eigenvalue weighted by atomic mass is 127. The normalized spacial score (nSPS) is 30.5. The largest absolute Gasteiger partial charge is 0.510 e. The van der Waals surface area contributed by atoms with Gasteiger partial charge in [0.2, 0.25) is 6.29 Å². The molecule has 0 radical (unpaired) electrons. The number of carbonyl (C=O) groups excluding carboxylic acids is 1. The molecule has 1 fully saturated rings. The summed E-state index contributed by atoms with van der Waals surface area (Å²) < 4.78 is 17.0. The van der Waals surface area contributed by atoms with Crippen molar-refractivity contribution in [3.8, 4) is 0 Å². The first kappa shape index (κ1) is 17.2. The molecule has 1 aliphatic rings. The summed E-state index contributed by atoms with van der Waals surface area (Å²) in [6.07, 6.45) is -1.27. The molecule has 0 saturated carbocycles. The third kappa shape index (κ3) is 4.07.